The Labute approximate surface area is 115 Å². The number of amides is 1. The summed E-state index contributed by atoms with van der Waals surface area (Å²) < 4.78 is 5.48. The lowest BCUT2D eigenvalue weighted by atomic mass is 10.1. The second-order valence-electron chi connectivity index (χ2n) is 4.82. The molecule has 20 heavy (non-hydrogen) atoms. The highest BCUT2D eigenvalue weighted by Gasteiger charge is 2.28. The first kappa shape index (κ1) is 12.5. The molecule has 0 radical (unpaired) electrons. The molecular formula is C15H13NO4. The van der Waals surface area contributed by atoms with Crippen LogP contribution in [-0.2, 0) is 17.8 Å². The summed E-state index contributed by atoms with van der Waals surface area (Å²) in [6.45, 7) is 2.22. The molecule has 1 aliphatic rings. The predicted molar refractivity (Wildman–Crippen MR) is 71.7 cm³/mol. The fraction of sp³-hybridized carbons (Fsp3) is 0.200. The molecule has 5 nitrogen and oxygen atoms in total. The molecule has 0 saturated carbocycles. The minimum absolute atomic E-state index is 0.0448. The van der Waals surface area contributed by atoms with Gasteiger partial charge in [0.1, 0.15) is 11.5 Å². The number of carboxylic acid groups (broad SMARTS) is 1. The Hall–Kier alpha value is -2.56. The molecule has 0 aliphatic carbocycles. The van der Waals surface area contributed by atoms with E-state index in [1.807, 2.05) is 19.1 Å². The number of nitrogens with zero attached hydrogens (tertiary/aromatic N) is 1. The molecule has 0 atom stereocenters. The summed E-state index contributed by atoms with van der Waals surface area (Å²) in [6, 6.07) is 8.44. The molecule has 1 aromatic heterocycles. The Bertz CT molecular complexity index is 702. The first-order valence-corrected chi connectivity index (χ1v) is 6.26. The zero-order chi connectivity index (χ0) is 14.3. The smallest absolute Gasteiger partial charge is 0.335 e. The summed E-state index contributed by atoms with van der Waals surface area (Å²) in [6.07, 6.45) is 0.232. The van der Waals surface area contributed by atoms with Crippen LogP contribution in [0.3, 0.4) is 0 Å². The molecule has 1 aromatic carbocycles. The zero-order valence-electron chi connectivity index (χ0n) is 10.9. The average molecular weight is 271 g/mol. The number of carbonyl (C=O) groups is 2. The van der Waals surface area contributed by atoms with Gasteiger partial charge in [-0.25, -0.2) is 4.79 Å². The molecule has 2 heterocycles. The molecule has 1 aliphatic heterocycles. The molecule has 3 rings (SSSR count). The summed E-state index contributed by atoms with van der Waals surface area (Å²) >= 11 is 0. The van der Waals surface area contributed by atoms with Crippen molar-refractivity contribution in [3.05, 3.63) is 53.0 Å². The molecule has 0 spiro atoms. The van der Waals surface area contributed by atoms with Crippen molar-refractivity contribution in [1.82, 2.24) is 0 Å². The van der Waals surface area contributed by atoms with E-state index in [4.69, 9.17) is 9.52 Å². The van der Waals surface area contributed by atoms with Gasteiger partial charge in [-0.3, -0.25) is 4.79 Å². The van der Waals surface area contributed by atoms with Gasteiger partial charge in [0.05, 0.1) is 18.5 Å². The topological polar surface area (TPSA) is 70.8 Å². The normalized spacial score (nSPS) is 13.7. The monoisotopic (exact) mass is 271 g/mol. The Morgan fingerprint density at radius 1 is 1.35 bits per heavy atom. The van der Waals surface area contributed by atoms with E-state index < -0.39 is 5.97 Å². The van der Waals surface area contributed by atoms with Crippen molar-refractivity contribution in [2.75, 3.05) is 4.90 Å². The van der Waals surface area contributed by atoms with Crippen LogP contribution in [0.25, 0.3) is 0 Å². The Morgan fingerprint density at radius 2 is 2.15 bits per heavy atom. The highest BCUT2D eigenvalue weighted by molar-refractivity contribution is 6.02. The van der Waals surface area contributed by atoms with Gasteiger partial charge in [-0.1, -0.05) is 0 Å². The third-order valence-electron chi connectivity index (χ3n) is 3.37. The van der Waals surface area contributed by atoms with Crippen LogP contribution in [0.1, 0.15) is 27.4 Å². The highest BCUT2D eigenvalue weighted by atomic mass is 16.4. The van der Waals surface area contributed by atoms with E-state index in [0.717, 1.165) is 17.0 Å². The van der Waals surface area contributed by atoms with Crippen molar-refractivity contribution in [2.45, 2.75) is 19.9 Å². The fourth-order valence-electron chi connectivity index (χ4n) is 2.42. The number of furan rings is 1. The molecule has 0 saturated heterocycles. The maximum absolute atomic E-state index is 12.1. The maximum Gasteiger partial charge on any atom is 0.335 e. The second kappa shape index (κ2) is 4.52. The van der Waals surface area contributed by atoms with Crippen LogP contribution in [0.15, 0.2) is 34.7 Å². The van der Waals surface area contributed by atoms with Gasteiger partial charge in [-0.05, 0) is 42.8 Å². The Balaban J connectivity index is 1.92. The van der Waals surface area contributed by atoms with E-state index in [2.05, 4.69) is 0 Å². The SMILES string of the molecule is Cc1ccc(CN2C(=O)Cc3cc(C(=O)O)ccc32)o1. The Morgan fingerprint density at radius 3 is 2.80 bits per heavy atom. The van der Waals surface area contributed by atoms with Crippen LogP contribution in [-0.4, -0.2) is 17.0 Å². The lowest BCUT2D eigenvalue weighted by Crippen LogP contribution is -2.25. The lowest BCUT2D eigenvalue weighted by Gasteiger charge is -2.16. The number of hydrogen-bond donors (Lipinski definition) is 1. The first-order chi connectivity index (χ1) is 9.54. The van der Waals surface area contributed by atoms with E-state index in [1.54, 1.807) is 17.0 Å². The predicted octanol–water partition coefficient (Wildman–Crippen LogP) is 2.38. The van der Waals surface area contributed by atoms with Crippen molar-refractivity contribution in [2.24, 2.45) is 0 Å². The number of fused-ring (bicyclic) bond motifs is 1. The molecule has 0 unspecified atom stereocenters. The van der Waals surface area contributed by atoms with Crippen molar-refractivity contribution < 1.29 is 19.1 Å². The summed E-state index contributed by atoms with van der Waals surface area (Å²) in [5.74, 6) is 0.482. The van der Waals surface area contributed by atoms with E-state index in [9.17, 15) is 9.59 Å². The number of carbonyl (C=O) groups excluding carboxylic acids is 1. The maximum atomic E-state index is 12.1. The molecular weight excluding hydrogens is 258 g/mol. The van der Waals surface area contributed by atoms with Gasteiger partial charge in [0, 0.05) is 5.69 Å². The van der Waals surface area contributed by atoms with E-state index in [1.165, 1.54) is 6.07 Å². The summed E-state index contributed by atoms with van der Waals surface area (Å²) in [7, 11) is 0. The van der Waals surface area contributed by atoms with Crippen LogP contribution in [0, 0.1) is 6.92 Å². The van der Waals surface area contributed by atoms with Crippen LogP contribution in [0.2, 0.25) is 0 Å². The van der Waals surface area contributed by atoms with Gasteiger partial charge in [0.15, 0.2) is 0 Å². The van der Waals surface area contributed by atoms with Gasteiger partial charge in [0.2, 0.25) is 5.91 Å². The van der Waals surface area contributed by atoms with Gasteiger partial charge in [-0.2, -0.15) is 0 Å². The third kappa shape index (κ3) is 2.07. The number of aromatic carboxylic acids is 1. The largest absolute Gasteiger partial charge is 0.478 e. The van der Waals surface area contributed by atoms with Gasteiger partial charge in [-0.15, -0.1) is 0 Å². The van der Waals surface area contributed by atoms with Crippen molar-refractivity contribution in [3.63, 3.8) is 0 Å². The minimum Gasteiger partial charge on any atom is -0.478 e. The van der Waals surface area contributed by atoms with Gasteiger partial charge in [0.25, 0.3) is 0 Å². The van der Waals surface area contributed by atoms with E-state index in [0.29, 0.717) is 12.3 Å². The molecule has 1 N–H and O–H groups in total. The van der Waals surface area contributed by atoms with Crippen molar-refractivity contribution in [3.8, 4) is 0 Å². The molecule has 5 heteroatoms. The van der Waals surface area contributed by atoms with Crippen molar-refractivity contribution >= 4 is 17.6 Å². The summed E-state index contributed by atoms with van der Waals surface area (Å²) in [5, 5.41) is 8.97. The van der Waals surface area contributed by atoms with Crippen LogP contribution in [0.5, 0.6) is 0 Å². The Kier molecular flexibility index (Phi) is 2.82. The van der Waals surface area contributed by atoms with Crippen LogP contribution < -0.4 is 4.90 Å². The number of aryl methyl sites for hydroxylation is 1. The number of anilines is 1. The van der Waals surface area contributed by atoms with Gasteiger partial charge < -0.3 is 14.4 Å². The third-order valence-corrected chi connectivity index (χ3v) is 3.37. The molecule has 2 aromatic rings. The standard InChI is InChI=1S/C15H13NO4/c1-9-2-4-12(20-9)8-16-13-5-3-10(15(18)19)6-11(13)7-14(16)17/h2-6H,7-8H2,1H3,(H,18,19). The highest BCUT2D eigenvalue weighted by Crippen LogP contribution is 2.31. The molecule has 102 valence electrons. The molecule has 0 fully saturated rings. The first-order valence-electron chi connectivity index (χ1n) is 6.26. The molecule has 0 bridgehead atoms. The number of benzene rings is 1. The number of hydrogen-bond acceptors (Lipinski definition) is 3. The number of carboxylic acids is 1. The fourth-order valence-corrected chi connectivity index (χ4v) is 2.42. The van der Waals surface area contributed by atoms with Crippen LogP contribution >= 0.6 is 0 Å². The van der Waals surface area contributed by atoms with Gasteiger partial charge >= 0.3 is 5.97 Å². The quantitative estimate of drug-likeness (QED) is 0.930. The van der Waals surface area contributed by atoms with Crippen molar-refractivity contribution in [1.29, 1.82) is 0 Å². The molecule has 1 amide bonds. The second-order valence-corrected chi connectivity index (χ2v) is 4.82. The zero-order valence-corrected chi connectivity index (χ0v) is 10.9. The average Bonchev–Trinajstić information content (AvgIpc) is 2.94. The number of rotatable bonds is 3. The summed E-state index contributed by atoms with van der Waals surface area (Å²) in [4.78, 5) is 24.6. The van der Waals surface area contributed by atoms with E-state index >= 15 is 0 Å². The lowest BCUT2D eigenvalue weighted by molar-refractivity contribution is -0.117. The summed E-state index contributed by atoms with van der Waals surface area (Å²) in [5.41, 5.74) is 1.71. The van der Waals surface area contributed by atoms with E-state index in [-0.39, 0.29) is 17.9 Å². The minimum atomic E-state index is -0.986. The van der Waals surface area contributed by atoms with Crippen LogP contribution in [0.4, 0.5) is 5.69 Å².